The highest BCUT2D eigenvalue weighted by atomic mass is 32.2. The van der Waals surface area contributed by atoms with Gasteiger partial charge in [0.25, 0.3) is 4.92 Å². The van der Waals surface area contributed by atoms with E-state index in [2.05, 4.69) is 23.3 Å². The van der Waals surface area contributed by atoms with Crippen molar-refractivity contribution in [1.82, 2.24) is 5.32 Å². The van der Waals surface area contributed by atoms with Crippen molar-refractivity contribution in [3.05, 3.63) is 92.6 Å². The number of rotatable bonds is 13. The lowest BCUT2D eigenvalue weighted by Crippen LogP contribution is -2.24. The van der Waals surface area contributed by atoms with E-state index in [-0.39, 0.29) is 11.4 Å². The van der Waals surface area contributed by atoms with Gasteiger partial charge < -0.3 is 15.2 Å². The van der Waals surface area contributed by atoms with E-state index in [4.69, 9.17) is 9.57 Å². The van der Waals surface area contributed by atoms with Gasteiger partial charge in [0.05, 0.1) is 22.8 Å². The monoisotopic (exact) mass is 552 g/mol. The van der Waals surface area contributed by atoms with Crippen LogP contribution in [0, 0.1) is 4.91 Å². The van der Waals surface area contributed by atoms with Crippen molar-refractivity contribution in [2.45, 2.75) is 40.5 Å². The molecular weight excluding hydrogens is 514 g/mol. The van der Waals surface area contributed by atoms with Crippen LogP contribution in [0.15, 0.2) is 76.0 Å². The number of thioether (sulfide) groups is 1. The third-order valence-electron chi connectivity index (χ3n) is 5.99. The maximum absolute atomic E-state index is 12.7. The minimum atomic E-state index is -0.912. The highest BCUT2D eigenvalue weighted by Gasteiger charge is 2.24. The Labute approximate surface area is 235 Å². The van der Waals surface area contributed by atoms with Crippen LogP contribution < -0.4 is 5.32 Å². The van der Waals surface area contributed by atoms with E-state index < -0.39 is 5.97 Å². The molecule has 0 aliphatic heterocycles. The Morgan fingerprint density at radius 2 is 1.74 bits per heavy atom. The van der Waals surface area contributed by atoms with E-state index in [1.54, 1.807) is 26.3 Å². The molecular formula is C30H38N3O5S+. The fourth-order valence-corrected chi connectivity index (χ4v) is 4.69. The fourth-order valence-electron chi connectivity index (χ4n) is 3.86. The molecule has 0 fully saturated rings. The van der Waals surface area contributed by atoms with Crippen LogP contribution in [0.2, 0.25) is 0 Å². The van der Waals surface area contributed by atoms with Crippen LogP contribution in [-0.4, -0.2) is 48.9 Å². The number of nitrogens with zero attached hydrogens (tertiary/aromatic N) is 2. The van der Waals surface area contributed by atoms with Crippen molar-refractivity contribution >= 4 is 40.4 Å². The first-order chi connectivity index (χ1) is 18.7. The Kier molecular flexibility index (Phi) is 12.5. The Balaban J connectivity index is 2.79. The predicted molar refractivity (Wildman–Crippen MR) is 160 cm³/mol. The molecule has 39 heavy (non-hydrogen) atoms. The van der Waals surface area contributed by atoms with E-state index in [1.807, 2.05) is 57.2 Å². The molecule has 208 valence electrons. The molecule has 0 spiro atoms. The second-order valence-corrected chi connectivity index (χ2v) is 9.56. The number of aliphatic imine (C=N–C) groups is 1. The van der Waals surface area contributed by atoms with E-state index in [9.17, 15) is 14.8 Å². The number of carbonyl (C=O) groups is 1. The van der Waals surface area contributed by atoms with Gasteiger partial charge in [0.2, 0.25) is 0 Å². The van der Waals surface area contributed by atoms with Gasteiger partial charge in [-0.2, -0.15) is 0 Å². The van der Waals surface area contributed by atoms with Crippen LogP contribution in [0.4, 0.5) is 5.69 Å². The van der Waals surface area contributed by atoms with Crippen molar-refractivity contribution in [2.24, 2.45) is 4.99 Å². The van der Waals surface area contributed by atoms with Crippen LogP contribution in [0.5, 0.6) is 0 Å². The number of aliphatic carboxylic acids is 1. The lowest BCUT2D eigenvalue weighted by atomic mass is 9.89. The number of carboxylic acid groups (broad SMARTS) is 1. The van der Waals surface area contributed by atoms with Gasteiger partial charge in [0, 0.05) is 30.3 Å². The number of nitrogens with one attached hydrogen (secondary N) is 1. The topological polar surface area (TPSA) is 100 Å². The molecule has 2 rings (SSSR count). The van der Waals surface area contributed by atoms with Gasteiger partial charge in [-0.05, 0) is 55.0 Å². The lowest BCUT2D eigenvalue weighted by molar-refractivity contribution is -0.736. The number of benzene rings is 2. The summed E-state index contributed by atoms with van der Waals surface area (Å²) in [4.78, 5) is 33.9. The zero-order valence-electron chi connectivity index (χ0n) is 23.7. The molecule has 8 nitrogen and oxygen atoms in total. The normalized spacial score (nSPS) is 13.3. The summed E-state index contributed by atoms with van der Waals surface area (Å²) in [7, 11) is 4.57. The zero-order chi connectivity index (χ0) is 28.9. The summed E-state index contributed by atoms with van der Waals surface area (Å²) < 4.78 is 5.74. The maximum Gasteiger partial charge on any atom is 0.318 e. The van der Waals surface area contributed by atoms with Crippen LogP contribution in [0.3, 0.4) is 0 Å². The molecule has 0 saturated heterocycles. The number of hydrogen-bond acceptors (Lipinski definition) is 6. The number of carboxylic acids is 1. The third-order valence-corrected chi connectivity index (χ3v) is 7.12. The first kappa shape index (κ1) is 31.4. The SMILES string of the molecule is CCC=C(C(=C(C)OC)c1cc(C(=NC)NC(SCC(=O)O)=C(C)CC)cc([N+](=O)OC)c1)c1ccccc1. The van der Waals surface area contributed by atoms with Crippen molar-refractivity contribution in [3.63, 3.8) is 0 Å². The van der Waals surface area contributed by atoms with Gasteiger partial charge in [0.15, 0.2) is 7.11 Å². The van der Waals surface area contributed by atoms with E-state index in [1.165, 1.54) is 18.9 Å². The molecule has 0 aromatic heterocycles. The number of hydrogen-bond donors (Lipinski definition) is 2. The second-order valence-electron chi connectivity index (χ2n) is 8.58. The fraction of sp³-hybridized carbons (Fsp3) is 0.333. The van der Waals surface area contributed by atoms with Gasteiger partial charge in [-0.15, -0.1) is 0 Å². The summed E-state index contributed by atoms with van der Waals surface area (Å²) in [5.74, 6) is 0.158. The summed E-state index contributed by atoms with van der Waals surface area (Å²) in [6, 6.07) is 15.4. The van der Waals surface area contributed by atoms with Crippen molar-refractivity contribution in [1.29, 1.82) is 0 Å². The minimum Gasteiger partial charge on any atom is -0.501 e. The van der Waals surface area contributed by atoms with E-state index in [0.29, 0.717) is 27.1 Å². The van der Waals surface area contributed by atoms with Gasteiger partial charge in [0.1, 0.15) is 11.6 Å². The van der Waals surface area contributed by atoms with Gasteiger partial charge >= 0.3 is 11.7 Å². The summed E-state index contributed by atoms with van der Waals surface area (Å²) in [5, 5.41) is 13.3. The highest BCUT2D eigenvalue weighted by molar-refractivity contribution is 8.03. The van der Waals surface area contributed by atoms with Crippen molar-refractivity contribution in [3.8, 4) is 0 Å². The molecule has 2 aromatic carbocycles. The van der Waals surface area contributed by atoms with Crippen LogP contribution in [-0.2, 0) is 14.4 Å². The number of allylic oxidation sites excluding steroid dienone is 5. The summed E-state index contributed by atoms with van der Waals surface area (Å²) in [5.41, 5.74) is 5.45. The number of amidine groups is 1. The lowest BCUT2D eigenvalue weighted by Gasteiger charge is -2.19. The molecule has 2 N–H and O–H groups in total. The van der Waals surface area contributed by atoms with Crippen LogP contribution in [0.1, 0.15) is 57.2 Å². The largest absolute Gasteiger partial charge is 0.501 e. The Morgan fingerprint density at radius 1 is 1.08 bits per heavy atom. The molecule has 0 aliphatic carbocycles. The molecule has 0 bridgehead atoms. The molecule has 2 aromatic rings. The molecule has 0 atom stereocenters. The Bertz CT molecular complexity index is 1300. The summed E-state index contributed by atoms with van der Waals surface area (Å²) >= 11 is 1.20. The van der Waals surface area contributed by atoms with Crippen LogP contribution >= 0.6 is 11.8 Å². The Hall–Kier alpha value is -3.85. The molecule has 9 heteroatoms. The first-order valence-corrected chi connectivity index (χ1v) is 13.6. The summed E-state index contributed by atoms with van der Waals surface area (Å²) in [6.45, 7) is 7.91. The average molecular weight is 553 g/mol. The van der Waals surface area contributed by atoms with Crippen molar-refractivity contribution < 1.29 is 24.4 Å². The van der Waals surface area contributed by atoms with Gasteiger partial charge in [-0.1, -0.05) is 62.0 Å². The van der Waals surface area contributed by atoms with Gasteiger partial charge in [-0.3, -0.25) is 9.79 Å². The van der Waals surface area contributed by atoms with Crippen LogP contribution in [0.25, 0.3) is 11.1 Å². The highest BCUT2D eigenvalue weighted by Crippen LogP contribution is 2.37. The predicted octanol–water partition coefficient (Wildman–Crippen LogP) is 6.95. The smallest absolute Gasteiger partial charge is 0.318 e. The number of methoxy groups -OCH3 is 1. The molecule has 0 radical (unpaired) electrons. The second kappa shape index (κ2) is 15.5. The standard InChI is InChI=1S/C30H37N3O5S/c1-8-13-26(22-14-11-10-12-15-22)28(21(4)37-6)23-16-24(18-25(17-23)33(36)38-7)29(31-5)32-30(20(3)9-2)39-19-27(34)35/h10-18H,8-9,19H2,1-7H3,(H-,31,32,34,35)/p+1. The van der Waals surface area contributed by atoms with Gasteiger partial charge in [-0.25, -0.2) is 4.84 Å². The van der Waals surface area contributed by atoms with E-state index >= 15 is 0 Å². The quantitative estimate of drug-likeness (QED) is 0.0911. The third kappa shape index (κ3) is 8.58. The Morgan fingerprint density at radius 3 is 2.28 bits per heavy atom. The average Bonchev–Trinajstić information content (AvgIpc) is 2.96. The van der Waals surface area contributed by atoms with Crippen molar-refractivity contribution in [2.75, 3.05) is 27.0 Å². The maximum atomic E-state index is 12.7. The molecule has 0 saturated carbocycles. The number of ether oxygens (including phenoxy) is 1. The molecule has 0 amide bonds. The molecule has 0 aliphatic rings. The molecule has 0 unspecified atom stereocenters. The first-order valence-electron chi connectivity index (χ1n) is 12.7. The minimum absolute atomic E-state index is 0.0951. The zero-order valence-corrected chi connectivity index (χ0v) is 24.5. The molecule has 0 heterocycles. The van der Waals surface area contributed by atoms with E-state index in [0.717, 1.165) is 40.7 Å². The summed E-state index contributed by atoms with van der Waals surface area (Å²) in [6.07, 6.45) is 3.65.